The SMILES string of the molecule is COc1cccc(-c2cc(C)cc(N(C(=O)NCCC(=O)O)c3c(O)ccn(C)c3=O)c2)c1. The molecule has 1 aromatic heterocycles. The molecule has 0 saturated carbocycles. The van der Waals surface area contributed by atoms with Crippen molar-refractivity contribution in [3.63, 3.8) is 0 Å². The van der Waals surface area contributed by atoms with Gasteiger partial charge < -0.3 is 24.8 Å². The summed E-state index contributed by atoms with van der Waals surface area (Å²) >= 11 is 0. The summed E-state index contributed by atoms with van der Waals surface area (Å²) in [6.07, 6.45) is 1.10. The summed E-state index contributed by atoms with van der Waals surface area (Å²) in [5.41, 5.74) is 1.90. The highest BCUT2D eigenvalue weighted by Crippen LogP contribution is 2.34. The molecule has 0 atom stereocenters. The standard InChI is InChI=1S/C24H25N3O6/c1-15-11-17(16-5-4-6-19(14-16)33-3)13-18(12-15)27(24(32)25-9-7-21(29)30)22-20(28)8-10-26(2)23(22)31/h4-6,8,10-14,28H,7,9H2,1-3H3,(H,25,32)(H,29,30). The number of urea groups is 1. The number of anilines is 2. The maximum atomic E-state index is 13.1. The number of aromatic hydroxyl groups is 1. The molecule has 172 valence electrons. The first-order valence-corrected chi connectivity index (χ1v) is 10.2. The van der Waals surface area contributed by atoms with Gasteiger partial charge >= 0.3 is 12.0 Å². The molecule has 3 rings (SSSR count). The zero-order valence-corrected chi connectivity index (χ0v) is 18.5. The smallest absolute Gasteiger partial charge is 0.326 e. The molecule has 0 unspecified atom stereocenters. The van der Waals surface area contributed by atoms with Crippen molar-refractivity contribution < 1.29 is 24.5 Å². The number of nitrogens with one attached hydrogen (secondary N) is 1. The van der Waals surface area contributed by atoms with E-state index in [9.17, 15) is 19.5 Å². The number of hydrogen-bond acceptors (Lipinski definition) is 5. The highest BCUT2D eigenvalue weighted by atomic mass is 16.5. The fraction of sp³-hybridized carbons (Fsp3) is 0.208. The van der Waals surface area contributed by atoms with Crippen LogP contribution in [0.4, 0.5) is 16.2 Å². The van der Waals surface area contributed by atoms with Crippen molar-refractivity contribution in [3.8, 4) is 22.6 Å². The molecule has 9 nitrogen and oxygen atoms in total. The largest absolute Gasteiger partial charge is 0.505 e. The summed E-state index contributed by atoms with van der Waals surface area (Å²) in [7, 11) is 3.07. The number of hydrogen-bond donors (Lipinski definition) is 3. The average molecular weight is 451 g/mol. The fourth-order valence-corrected chi connectivity index (χ4v) is 3.38. The number of methoxy groups -OCH3 is 1. The highest BCUT2D eigenvalue weighted by Gasteiger charge is 2.25. The van der Waals surface area contributed by atoms with E-state index >= 15 is 0 Å². The Hall–Kier alpha value is -4.27. The van der Waals surface area contributed by atoms with Gasteiger partial charge in [-0.25, -0.2) is 4.79 Å². The van der Waals surface area contributed by atoms with Crippen molar-refractivity contribution in [2.24, 2.45) is 7.05 Å². The summed E-state index contributed by atoms with van der Waals surface area (Å²) in [5, 5.41) is 21.9. The van der Waals surface area contributed by atoms with Gasteiger partial charge in [-0.2, -0.15) is 0 Å². The van der Waals surface area contributed by atoms with Gasteiger partial charge in [-0.1, -0.05) is 18.2 Å². The molecule has 0 aliphatic rings. The minimum absolute atomic E-state index is 0.146. The molecular weight excluding hydrogens is 426 g/mol. The van der Waals surface area contributed by atoms with Crippen molar-refractivity contribution in [3.05, 3.63) is 70.6 Å². The maximum Gasteiger partial charge on any atom is 0.326 e. The van der Waals surface area contributed by atoms with Gasteiger partial charge in [0.1, 0.15) is 11.5 Å². The van der Waals surface area contributed by atoms with E-state index < -0.39 is 17.6 Å². The molecule has 0 spiro atoms. The van der Waals surface area contributed by atoms with Crippen LogP contribution in [0.25, 0.3) is 11.1 Å². The number of carboxylic acid groups (broad SMARTS) is 1. The molecule has 0 aliphatic heterocycles. The number of aliphatic carboxylic acids is 1. The van der Waals surface area contributed by atoms with Crippen LogP contribution < -0.4 is 20.5 Å². The van der Waals surface area contributed by atoms with E-state index in [1.165, 1.54) is 23.9 Å². The van der Waals surface area contributed by atoms with Gasteiger partial charge in [0.2, 0.25) is 0 Å². The molecule has 0 saturated heterocycles. The fourth-order valence-electron chi connectivity index (χ4n) is 3.38. The van der Waals surface area contributed by atoms with Crippen LogP contribution in [0.3, 0.4) is 0 Å². The number of ether oxygens (including phenoxy) is 1. The minimum Gasteiger partial charge on any atom is -0.505 e. The predicted octanol–water partition coefficient (Wildman–Crippen LogP) is 3.40. The molecule has 0 fully saturated rings. The van der Waals surface area contributed by atoms with E-state index in [4.69, 9.17) is 9.84 Å². The van der Waals surface area contributed by atoms with E-state index in [2.05, 4.69) is 5.32 Å². The summed E-state index contributed by atoms with van der Waals surface area (Å²) < 4.78 is 6.54. The second kappa shape index (κ2) is 9.90. The maximum absolute atomic E-state index is 13.1. The van der Waals surface area contributed by atoms with Crippen LogP contribution >= 0.6 is 0 Å². The van der Waals surface area contributed by atoms with Gasteiger partial charge in [0.25, 0.3) is 5.56 Å². The van der Waals surface area contributed by atoms with Gasteiger partial charge in [-0.05, 0) is 53.9 Å². The lowest BCUT2D eigenvalue weighted by molar-refractivity contribution is -0.136. The van der Waals surface area contributed by atoms with Crippen LogP contribution in [0, 0.1) is 6.92 Å². The Labute approximate surface area is 190 Å². The number of pyridine rings is 1. The number of amides is 2. The molecule has 1 heterocycles. The van der Waals surface area contributed by atoms with Gasteiger partial charge in [-0.15, -0.1) is 0 Å². The predicted molar refractivity (Wildman–Crippen MR) is 124 cm³/mol. The minimum atomic E-state index is -1.07. The van der Waals surface area contributed by atoms with Crippen molar-refractivity contribution in [2.45, 2.75) is 13.3 Å². The second-order valence-electron chi connectivity index (χ2n) is 7.47. The Balaban J connectivity index is 2.16. The molecule has 2 amide bonds. The first kappa shape index (κ1) is 23.4. The van der Waals surface area contributed by atoms with Crippen LogP contribution in [0.5, 0.6) is 11.5 Å². The van der Waals surface area contributed by atoms with Crippen molar-refractivity contribution in [1.82, 2.24) is 9.88 Å². The molecule has 0 bridgehead atoms. The molecule has 33 heavy (non-hydrogen) atoms. The van der Waals surface area contributed by atoms with Crippen LogP contribution in [0.1, 0.15) is 12.0 Å². The second-order valence-corrected chi connectivity index (χ2v) is 7.47. The lowest BCUT2D eigenvalue weighted by Gasteiger charge is -2.25. The summed E-state index contributed by atoms with van der Waals surface area (Å²) in [6, 6.07) is 13.3. The van der Waals surface area contributed by atoms with Gasteiger partial charge in [-0.3, -0.25) is 14.5 Å². The zero-order chi connectivity index (χ0) is 24.1. The average Bonchev–Trinajstić information content (AvgIpc) is 2.78. The molecule has 3 N–H and O–H groups in total. The van der Waals surface area contributed by atoms with Gasteiger partial charge in [0.15, 0.2) is 5.69 Å². The Kier molecular flexibility index (Phi) is 7.02. The van der Waals surface area contributed by atoms with Gasteiger partial charge in [0, 0.05) is 19.8 Å². The lowest BCUT2D eigenvalue weighted by Crippen LogP contribution is -2.41. The van der Waals surface area contributed by atoms with E-state index in [-0.39, 0.29) is 24.4 Å². The summed E-state index contributed by atoms with van der Waals surface area (Å²) in [5.74, 6) is -0.791. The number of carbonyl (C=O) groups is 2. The van der Waals surface area contributed by atoms with Crippen LogP contribution in [-0.4, -0.2) is 40.4 Å². The molecule has 0 radical (unpaired) electrons. The first-order chi connectivity index (χ1) is 15.7. The van der Waals surface area contributed by atoms with Crippen molar-refractivity contribution in [2.75, 3.05) is 18.6 Å². The van der Waals surface area contributed by atoms with Crippen LogP contribution in [0.2, 0.25) is 0 Å². The molecule has 0 aliphatic carbocycles. The Morgan fingerprint density at radius 1 is 1.12 bits per heavy atom. The number of nitrogens with zero attached hydrogens (tertiary/aromatic N) is 2. The van der Waals surface area contributed by atoms with E-state index in [1.807, 2.05) is 37.3 Å². The van der Waals surface area contributed by atoms with Gasteiger partial charge in [0.05, 0.1) is 19.2 Å². The number of aryl methyl sites for hydroxylation is 2. The third kappa shape index (κ3) is 5.32. The number of rotatable bonds is 7. The Morgan fingerprint density at radius 3 is 2.58 bits per heavy atom. The molecule has 9 heteroatoms. The van der Waals surface area contributed by atoms with Crippen LogP contribution in [-0.2, 0) is 11.8 Å². The van der Waals surface area contributed by atoms with E-state index in [0.717, 1.165) is 21.6 Å². The number of carboxylic acids is 1. The summed E-state index contributed by atoms with van der Waals surface area (Å²) in [6.45, 7) is 1.70. The highest BCUT2D eigenvalue weighted by molar-refractivity contribution is 6.01. The number of benzene rings is 2. The third-order valence-corrected chi connectivity index (χ3v) is 4.99. The van der Waals surface area contributed by atoms with Crippen molar-refractivity contribution in [1.29, 1.82) is 0 Å². The Morgan fingerprint density at radius 2 is 1.88 bits per heavy atom. The van der Waals surface area contributed by atoms with E-state index in [1.54, 1.807) is 19.2 Å². The number of carbonyl (C=O) groups excluding carboxylic acids is 1. The Bertz CT molecular complexity index is 1250. The lowest BCUT2D eigenvalue weighted by atomic mass is 10.0. The third-order valence-electron chi connectivity index (χ3n) is 4.99. The quantitative estimate of drug-likeness (QED) is 0.506. The zero-order valence-electron chi connectivity index (χ0n) is 18.5. The summed E-state index contributed by atoms with van der Waals surface area (Å²) in [4.78, 5) is 38.0. The molecule has 3 aromatic rings. The van der Waals surface area contributed by atoms with E-state index in [0.29, 0.717) is 11.4 Å². The first-order valence-electron chi connectivity index (χ1n) is 10.2. The molecule has 2 aromatic carbocycles. The van der Waals surface area contributed by atoms with Crippen molar-refractivity contribution >= 4 is 23.4 Å². The number of aromatic nitrogens is 1. The normalized spacial score (nSPS) is 10.5. The van der Waals surface area contributed by atoms with Crippen LogP contribution in [0.15, 0.2) is 59.5 Å². The topological polar surface area (TPSA) is 121 Å². The monoisotopic (exact) mass is 451 g/mol. The molecular formula is C24H25N3O6.